The second-order valence-electron chi connectivity index (χ2n) is 18.0. The predicted octanol–water partition coefficient (Wildman–Crippen LogP) is 10.1. The molecule has 5 aromatic rings. The van der Waals surface area contributed by atoms with E-state index in [0.29, 0.717) is 6.61 Å². The van der Waals surface area contributed by atoms with Gasteiger partial charge in [0.15, 0.2) is 0 Å². The molecular weight excluding hydrogens is 800 g/mol. The lowest BCUT2D eigenvalue weighted by Gasteiger charge is -2.30. The van der Waals surface area contributed by atoms with E-state index in [9.17, 15) is 0 Å². The Labute approximate surface area is 382 Å². The summed E-state index contributed by atoms with van der Waals surface area (Å²) in [7, 11) is 8.91. The first kappa shape index (κ1) is 47.3. The van der Waals surface area contributed by atoms with Crippen molar-refractivity contribution in [2.75, 3.05) is 61.0 Å². The van der Waals surface area contributed by atoms with Crippen LogP contribution in [0, 0.1) is 0 Å². The van der Waals surface area contributed by atoms with Gasteiger partial charge in [0.25, 0.3) is 0 Å². The van der Waals surface area contributed by atoms with Crippen LogP contribution in [0.25, 0.3) is 68.6 Å². The summed E-state index contributed by atoms with van der Waals surface area (Å²) in [6, 6.07) is 29.6. The molecule has 0 aliphatic carbocycles. The van der Waals surface area contributed by atoms with E-state index in [4.69, 9.17) is 19.4 Å². The Morgan fingerprint density at radius 2 is 0.968 bits per heavy atom. The maximum atomic E-state index is 6.23. The van der Waals surface area contributed by atoms with Crippen LogP contribution in [0.3, 0.4) is 0 Å². The van der Waals surface area contributed by atoms with Gasteiger partial charge in [-0.25, -0.2) is 9.97 Å². The lowest BCUT2D eigenvalue weighted by Crippen LogP contribution is -3.00. The van der Waals surface area contributed by atoms with Crippen molar-refractivity contribution in [3.63, 3.8) is 0 Å². The Kier molecular flexibility index (Phi) is 17.7. The van der Waals surface area contributed by atoms with E-state index in [0.717, 1.165) is 116 Å². The van der Waals surface area contributed by atoms with Gasteiger partial charge in [0.1, 0.15) is 11.5 Å². The molecule has 2 aromatic carbocycles. The molecule has 3 aromatic heterocycles. The number of hydrogen-bond acceptors (Lipinski definition) is 5. The van der Waals surface area contributed by atoms with Gasteiger partial charge in [0.2, 0.25) is 0 Å². The highest BCUT2D eigenvalue weighted by atomic mass is 35.5. The van der Waals surface area contributed by atoms with Crippen molar-refractivity contribution < 1.29 is 26.4 Å². The van der Waals surface area contributed by atoms with Crippen molar-refractivity contribution >= 4 is 46.4 Å². The minimum atomic E-state index is 0. The van der Waals surface area contributed by atoms with E-state index < -0.39 is 0 Å². The molecule has 334 valence electrons. The molecule has 0 radical (unpaired) electrons. The van der Waals surface area contributed by atoms with Crippen LogP contribution in [0.5, 0.6) is 11.5 Å². The van der Waals surface area contributed by atoms with E-state index in [-0.39, 0.29) is 12.4 Å². The molecule has 0 spiro atoms. The Morgan fingerprint density at radius 3 is 1.44 bits per heavy atom. The standard InChI is InChI=1S/C54H69N6O2.ClH/c1-6-7-8-9-10-11-12-13-14-15-37-61-47-26-18-41(19-27-47)53-49-30-22-43(55-49)39-45-24-32-51(57-45)54(52-33-25-46(58-52)40-44-23-31-50(53)56-44)42-20-28-48(29-21-42)62-38-17-36-60(4,5)35-16-34-59(2)3;/h18-33,39-40,55,58H,6-17,34-38H2,1-5H3;1H/q+1;/p-1. The largest absolute Gasteiger partial charge is 1.00 e. The average molecular weight is 870 g/mol. The molecule has 2 N–H and O–H groups in total. The van der Waals surface area contributed by atoms with Crippen LogP contribution in [0.4, 0.5) is 0 Å². The van der Waals surface area contributed by atoms with Gasteiger partial charge in [-0.1, -0.05) is 89.0 Å². The summed E-state index contributed by atoms with van der Waals surface area (Å²) in [5, 5.41) is 0. The summed E-state index contributed by atoms with van der Waals surface area (Å²) >= 11 is 0. The first-order chi connectivity index (χ1) is 30.2. The van der Waals surface area contributed by atoms with Crippen molar-refractivity contribution in [1.82, 2.24) is 24.8 Å². The van der Waals surface area contributed by atoms with Gasteiger partial charge in [-0.2, -0.15) is 0 Å². The molecule has 5 heterocycles. The van der Waals surface area contributed by atoms with Crippen molar-refractivity contribution in [2.24, 2.45) is 0 Å². The van der Waals surface area contributed by atoms with Crippen molar-refractivity contribution in [3.8, 4) is 33.8 Å². The van der Waals surface area contributed by atoms with Gasteiger partial charge in [0.05, 0.1) is 63.2 Å². The number of aromatic amines is 2. The number of hydrogen-bond donors (Lipinski definition) is 2. The van der Waals surface area contributed by atoms with Crippen LogP contribution in [0.1, 0.15) is 107 Å². The third kappa shape index (κ3) is 13.9. The molecule has 0 saturated carbocycles. The smallest absolute Gasteiger partial charge is 0.119 e. The van der Waals surface area contributed by atoms with Gasteiger partial charge in [0, 0.05) is 52.6 Å². The molecule has 2 aliphatic heterocycles. The number of H-pyrrole nitrogens is 2. The number of unbranched alkanes of at least 4 members (excludes halogenated alkanes) is 9. The predicted molar refractivity (Wildman–Crippen MR) is 262 cm³/mol. The van der Waals surface area contributed by atoms with Crippen LogP contribution in [-0.4, -0.2) is 90.4 Å². The molecule has 8 bridgehead atoms. The number of fused-ring (bicyclic) bond motifs is 8. The number of nitrogens with zero attached hydrogens (tertiary/aromatic N) is 4. The Hall–Kier alpha value is -5.15. The highest BCUT2D eigenvalue weighted by Crippen LogP contribution is 2.34. The highest BCUT2D eigenvalue weighted by Gasteiger charge is 2.16. The molecule has 0 saturated heterocycles. The minimum Gasteiger partial charge on any atom is -1.00 e. The lowest BCUT2D eigenvalue weighted by molar-refractivity contribution is -0.890. The van der Waals surface area contributed by atoms with Crippen LogP contribution in [0.15, 0.2) is 84.9 Å². The summed E-state index contributed by atoms with van der Waals surface area (Å²) in [5.74, 6) is 1.78. The number of aromatic nitrogens is 4. The zero-order valence-corrected chi connectivity index (χ0v) is 39.2. The number of ether oxygens (including phenoxy) is 2. The Balaban J connectivity index is 0.00000661. The third-order valence-corrected chi connectivity index (χ3v) is 12.0. The van der Waals surface area contributed by atoms with E-state index in [1.165, 1.54) is 70.8 Å². The third-order valence-electron chi connectivity index (χ3n) is 12.0. The molecule has 63 heavy (non-hydrogen) atoms. The monoisotopic (exact) mass is 869 g/mol. The summed E-state index contributed by atoms with van der Waals surface area (Å²) in [4.78, 5) is 19.9. The van der Waals surface area contributed by atoms with Crippen molar-refractivity contribution in [1.29, 1.82) is 0 Å². The number of halogens is 1. The molecule has 7 rings (SSSR count). The SMILES string of the molecule is CCCCCCCCCCCCOc1ccc(-c2c3nc(cc4ccc([nH]4)c(-c4ccc(OCCC[N+](C)(C)CCCN(C)C)cc4)c4nc(cc5ccc2[nH]5)C=C4)C=C3)cc1.[Cl-]. The number of benzene rings is 2. The molecule has 0 unspecified atom stereocenters. The molecule has 2 aliphatic rings. The molecule has 9 heteroatoms. The van der Waals surface area contributed by atoms with Gasteiger partial charge >= 0.3 is 0 Å². The average Bonchev–Trinajstić information content (AvgIpc) is 4.10. The van der Waals surface area contributed by atoms with Crippen LogP contribution in [0.2, 0.25) is 0 Å². The van der Waals surface area contributed by atoms with Gasteiger partial charge in [-0.05, 0) is 117 Å². The fraction of sp³-hybridized carbons (Fsp3) is 0.407. The van der Waals surface area contributed by atoms with E-state index in [1.54, 1.807) is 0 Å². The fourth-order valence-corrected chi connectivity index (χ4v) is 8.50. The number of nitrogens with one attached hydrogen (secondary N) is 2. The fourth-order valence-electron chi connectivity index (χ4n) is 8.50. The van der Waals surface area contributed by atoms with Crippen LogP contribution in [-0.2, 0) is 0 Å². The normalized spacial score (nSPS) is 12.2. The van der Waals surface area contributed by atoms with Crippen molar-refractivity contribution in [2.45, 2.75) is 84.0 Å². The first-order valence-electron chi connectivity index (χ1n) is 23.3. The quantitative estimate of drug-likeness (QED) is 0.0495. The maximum absolute atomic E-state index is 6.23. The molecule has 8 nitrogen and oxygen atoms in total. The van der Waals surface area contributed by atoms with Gasteiger partial charge in [-0.15, -0.1) is 0 Å². The summed E-state index contributed by atoms with van der Waals surface area (Å²) in [6.07, 6.45) is 23.8. The molecule has 0 atom stereocenters. The molecule has 0 fully saturated rings. The summed E-state index contributed by atoms with van der Waals surface area (Å²) in [5.41, 5.74) is 11.8. The lowest BCUT2D eigenvalue weighted by atomic mass is 10.0. The van der Waals surface area contributed by atoms with Gasteiger partial charge in [-0.3, -0.25) is 0 Å². The molecule has 0 amide bonds. The zero-order valence-electron chi connectivity index (χ0n) is 38.4. The first-order valence-corrected chi connectivity index (χ1v) is 23.3. The Bertz CT molecular complexity index is 2430. The van der Waals surface area contributed by atoms with Crippen LogP contribution >= 0.6 is 0 Å². The van der Waals surface area contributed by atoms with E-state index in [2.05, 4.69) is 159 Å². The van der Waals surface area contributed by atoms with E-state index >= 15 is 0 Å². The van der Waals surface area contributed by atoms with E-state index in [1.807, 2.05) is 0 Å². The van der Waals surface area contributed by atoms with Crippen LogP contribution < -0.4 is 21.9 Å². The summed E-state index contributed by atoms with van der Waals surface area (Å²) < 4.78 is 13.4. The summed E-state index contributed by atoms with van der Waals surface area (Å²) in [6.45, 7) is 7.10. The number of quaternary nitrogens is 1. The molecular formula is C54H69ClN6O2. The number of rotatable bonds is 23. The second kappa shape index (κ2) is 23.5. The second-order valence-corrected chi connectivity index (χ2v) is 18.0. The highest BCUT2D eigenvalue weighted by molar-refractivity contribution is 5.93. The topological polar surface area (TPSA) is 79.1 Å². The Morgan fingerprint density at radius 1 is 0.524 bits per heavy atom. The maximum Gasteiger partial charge on any atom is 0.119 e. The van der Waals surface area contributed by atoms with Gasteiger partial charge < -0.3 is 41.2 Å². The zero-order chi connectivity index (χ0) is 43.2. The minimum absolute atomic E-state index is 0. The van der Waals surface area contributed by atoms with Crippen molar-refractivity contribution in [3.05, 3.63) is 108 Å².